The lowest BCUT2D eigenvalue weighted by Gasteiger charge is -2.36. The SMILES string of the molecule is Cn1c(=O)c([N+](=O)[O-])c(N2CCN(C(=O)c3ccc(Cl)c(Cl)c3)CC2)c2ccccc21. The molecule has 4 rings (SSSR count). The summed E-state index contributed by atoms with van der Waals surface area (Å²) in [7, 11) is 1.52. The van der Waals surface area contributed by atoms with Gasteiger partial charge in [0, 0.05) is 44.2 Å². The van der Waals surface area contributed by atoms with Gasteiger partial charge in [-0.15, -0.1) is 0 Å². The van der Waals surface area contributed by atoms with Gasteiger partial charge in [-0.25, -0.2) is 0 Å². The molecule has 0 aliphatic carbocycles. The van der Waals surface area contributed by atoms with Crippen LogP contribution in [0.2, 0.25) is 10.0 Å². The molecule has 0 N–H and O–H groups in total. The fourth-order valence-corrected chi connectivity index (χ4v) is 4.19. The summed E-state index contributed by atoms with van der Waals surface area (Å²) in [6.07, 6.45) is 0. The zero-order valence-electron chi connectivity index (χ0n) is 16.5. The number of benzene rings is 2. The molecule has 160 valence electrons. The number of nitro groups is 1. The maximum Gasteiger partial charge on any atom is 0.357 e. The van der Waals surface area contributed by atoms with Gasteiger partial charge in [-0.1, -0.05) is 41.4 Å². The maximum absolute atomic E-state index is 12.8. The smallest absolute Gasteiger partial charge is 0.357 e. The van der Waals surface area contributed by atoms with E-state index in [1.165, 1.54) is 17.7 Å². The number of aromatic nitrogens is 1. The van der Waals surface area contributed by atoms with E-state index in [2.05, 4.69) is 0 Å². The van der Waals surface area contributed by atoms with Gasteiger partial charge in [0.15, 0.2) is 0 Å². The number of carbonyl (C=O) groups excluding carboxylic acids is 1. The van der Waals surface area contributed by atoms with Crippen molar-refractivity contribution in [1.82, 2.24) is 9.47 Å². The molecule has 0 radical (unpaired) electrons. The number of carbonyl (C=O) groups is 1. The molecule has 1 aliphatic rings. The Balaban J connectivity index is 1.66. The Morgan fingerprint density at radius 1 is 1.03 bits per heavy atom. The highest BCUT2D eigenvalue weighted by Crippen LogP contribution is 2.34. The molecule has 0 spiro atoms. The fraction of sp³-hybridized carbons (Fsp3) is 0.238. The molecular formula is C21H18Cl2N4O4. The molecule has 1 aliphatic heterocycles. The van der Waals surface area contributed by atoms with Crippen LogP contribution in [0.3, 0.4) is 0 Å². The third-order valence-electron chi connectivity index (χ3n) is 5.48. The second-order valence-corrected chi connectivity index (χ2v) is 8.06. The van der Waals surface area contributed by atoms with E-state index >= 15 is 0 Å². The highest BCUT2D eigenvalue weighted by atomic mass is 35.5. The first kappa shape index (κ1) is 21.1. The van der Waals surface area contributed by atoms with Crippen LogP contribution in [0.15, 0.2) is 47.3 Å². The topological polar surface area (TPSA) is 88.7 Å². The average molecular weight is 461 g/mol. The zero-order chi connectivity index (χ0) is 22.3. The largest absolute Gasteiger partial charge is 0.362 e. The third-order valence-corrected chi connectivity index (χ3v) is 6.22. The summed E-state index contributed by atoms with van der Waals surface area (Å²) in [5.41, 5.74) is 0.221. The monoisotopic (exact) mass is 460 g/mol. The Bertz CT molecular complexity index is 1270. The van der Waals surface area contributed by atoms with E-state index in [1.54, 1.807) is 46.2 Å². The number of hydrogen-bond donors (Lipinski definition) is 0. The summed E-state index contributed by atoms with van der Waals surface area (Å²) in [5.74, 6) is -0.193. The lowest BCUT2D eigenvalue weighted by atomic mass is 10.1. The van der Waals surface area contributed by atoms with E-state index in [0.29, 0.717) is 58.4 Å². The van der Waals surface area contributed by atoms with Crippen molar-refractivity contribution in [2.45, 2.75) is 0 Å². The fourth-order valence-electron chi connectivity index (χ4n) is 3.89. The molecule has 2 heterocycles. The number of piperazine rings is 1. The van der Waals surface area contributed by atoms with Crippen molar-refractivity contribution in [3.63, 3.8) is 0 Å². The normalized spacial score (nSPS) is 14.2. The van der Waals surface area contributed by atoms with Gasteiger partial charge in [-0.3, -0.25) is 19.7 Å². The van der Waals surface area contributed by atoms with Crippen LogP contribution in [0.5, 0.6) is 0 Å². The van der Waals surface area contributed by atoms with Crippen molar-refractivity contribution in [2.24, 2.45) is 7.05 Å². The first-order valence-corrected chi connectivity index (χ1v) is 10.3. The lowest BCUT2D eigenvalue weighted by Crippen LogP contribution is -2.49. The molecule has 0 unspecified atom stereocenters. The first-order valence-electron chi connectivity index (χ1n) is 9.55. The zero-order valence-corrected chi connectivity index (χ0v) is 18.1. The number of hydrogen-bond acceptors (Lipinski definition) is 5. The molecule has 10 heteroatoms. The van der Waals surface area contributed by atoms with Crippen molar-refractivity contribution < 1.29 is 9.72 Å². The molecular weight excluding hydrogens is 443 g/mol. The van der Waals surface area contributed by atoms with Gasteiger partial charge >= 0.3 is 11.2 Å². The molecule has 0 atom stereocenters. The van der Waals surface area contributed by atoms with Crippen LogP contribution in [-0.4, -0.2) is 46.5 Å². The second kappa shape index (κ2) is 8.20. The number of anilines is 1. The van der Waals surface area contributed by atoms with Gasteiger partial charge in [0.25, 0.3) is 5.91 Å². The predicted octanol–water partition coefficient (Wildman–Crippen LogP) is 3.72. The van der Waals surface area contributed by atoms with Crippen LogP contribution in [0.4, 0.5) is 11.4 Å². The van der Waals surface area contributed by atoms with Crippen molar-refractivity contribution in [2.75, 3.05) is 31.1 Å². The Hall–Kier alpha value is -3.10. The molecule has 31 heavy (non-hydrogen) atoms. The Labute approximate surface area is 187 Å². The Morgan fingerprint density at radius 3 is 2.35 bits per heavy atom. The third kappa shape index (κ3) is 3.73. The highest BCUT2D eigenvalue weighted by molar-refractivity contribution is 6.42. The van der Waals surface area contributed by atoms with Gasteiger partial charge in [-0.05, 0) is 24.3 Å². The molecule has 2 aromatic carbocycles. The van der Waals surface area contributed by atoms with Gasteiger partial charge in [0.05, 0.1) is 20.5 Å². The Kier molecular flexibility index (Phi) is 5.60. The Morgan fingerprint density at radius 2 is 1.71 bits per heavy atom. The van der Waals surface area contributed by atoms with Gasteiger partial charge in [-0.2, -0.15) is 0 Å². The van der Waals surface area contributed by atoms with Crippen LogP contribution in [-0.2, 0) is 7.05 Å². The average Bonchev–Trinajstić information content (AvgIpc) is 2.77. The summed E-state index contributed by atoms with van der Waals surface area (Å²) in [6.45, 7) is 1.40. The quantitative estimate of drug-likeness (QED) is 0.438. The summed E-state index contributed by atoms with van der Waals surface area (Å²) >= 11 is 11.9. The van der Waals surface area contributed by atoms with Crippen LogP contribution in [0.25, 0.3) is 10.9 Å². The van der Waals surface area contributed by atoms with E-state index in [0.717, 1.165) is 0 Å². The number of para-hydroxylation sites is 1. The van der Waals surface area contributed by atoms with E-state index in [9.17, 15) is 19.7 Å². The standard InChI is InChI=1S/C21H18Cl2N4O4/c1-24-17-5-3-2-4-14(17)18(19(21(24)29)27(30)31)25-8-10-26(11-9-25)20(28)13-6-7-15(22)16(23)12-13/h2-7,12H,8-11H2,1H3. The van der Waals surface area contributed by atoms with Crippen LogP contribution >= 0.6 is 23.2 Å². The summed E-state index contributed by atoms with van der Waals surface area (Å²) in [5, 5.41) is 13.1. The second-order valence-electron chi connectivity index (χ2n) is 7.24. The number of aryl methyl sites for hydroxylation is 1. The minimum absolute atomic E-state index is 0.193. The predicted molar refractivity (Wildman–Crippen MR) is 120 cm³/mol. The number of fused-ring (bicyclic) bond motifs is 1. The molecule has 0 bridgehead atoms. The van der Waals surface area contributed by atoms with E-state index in [-0.39, 0.29) is 5.91 Å². The van der Waals surface area contributed by atoms with Crippen LogP contribution < -0.4 is 10.5 Å². The molecule has 1 amide bonds. The first-order chi connectivity index (χ1) is 14.8. The van der Waals surface area contributed by atoms with Gasteiger partial charge in [0.2, 0.25) is 0 Å². The molecule has 0 saturated carbocycles. The number of amides is 1. The van der Waals surface area contributed by atoms with Gasteiger partial charge < -0.3 is 14.4 Å². The molecule has 1 aromatic heterocycles. The van der Waals surface area contributed by atoms with Crippen molar-refractivity contribution in [3.8, 4) is 0 Å². The summed E-state index contributed by atoms with van der Waals surface area (Å²) in [6, 6.07) is 11.8. The summed E-state index contributed by atoms with van der Waals surface area (Å²) < 4.78 is 1.29. The minimum atomic E-state index is -0.659. The van der Waals surface area contributed by atoms with Crippen LogP contribution in [0.1, 0.15) is 10.4 Å². The van der Waals surface area contributed by atoms with Gasteiger partial charge in [0.1, 0.15) is 5.69 Å². The van der Waals surface area contributed by atoms with E-state index < -0.39 is 16.2 Å². The lowest BCUT2D eigenvalue weighted by molar-refractivity contribution is -0.385. The van der Waals surface area contributed by atoms with Crippen molar-refractivity contribution >= 4 is 51.4 Å². The van der Waals surface area contributed by atoms with Crippen LogP contribution in [0, 0.1) is 10.1 Å². The maximum atomic E-state index is 12.8. The number of rotatable bonds is 3. The number of nitrogens with zero attached hydrogens (tertiary/aromatic N) is 4. The van der Waals surface area contributed by atoms with Crippen molar-refractivity contribution in [3.05, 3.63) is 78.5 Å². The number of halogens is 2. The molecule has 1 saturated heterocycles. The minimum Gasteiger partial charge on any atom is -0.362 e. The molecule has 1 fully saturated rings. The highest BCUT2D eigenvalue weighted by Gasteiger charge is 2.31. The molecule has 8 nitrogen and oxygen atoms in total. The van der Waals surface area contributed by atoms with E-state index in [4.69, 9.17) is 23.2 Å². The number of pyridine rings is 1. The van der Waals surface area contributed by atoms with E-state index in [1.807, 2.05) is 0 Å². The molecule has 3 aromatic rings. The summed E-state index contributed by atoms with van der Waals surface area (Å²) in [4.78, 5) is 40.2. The van der Waals surface area contributed by atoms with Crippen molar-refractivity contribution in [1.29, 1.82) is 0 Å².